The van der Waals surface area contributed by atoms with Gasteiger partial charge in [-0.2, -0.15) is 0 Å². The van der Waals surface area contributed by atoms with E-state index in [2.05, 4.69) is 191 Å². The number of benzene rings is 8. The number of hydrogen-bond donors (Lipinski definition) is 1. The molecule has 1 aliphatic carbocycles. The second-order valence-electron chi connectivity index (χ2n) is 18.4. The van der Waals surface area contributed by atoms with Crippen LogP contribution in [0.25, 0.3) is 91.9 Å². The summed E-state index contributed by atoms with van der Waals surface area (Å²) in [7, 11) is 2.46. The molecule has 0 saturated carbocycles. The number of nitrogens with zero attached hydrogens (tertiary/aromatic N) is 1. The molecule has 0 unspecified atom stereocenters. The van der Waals surface area contributed by atoms with Gasteiger partial charge in [-0.3, -0.25) is 0 Å². The molecule has 0 bridgehead atoms. The second kappa shape index (κ2) is 11.8. The van der Waals surface area contributed by atoms with Crippen molar-refractivity contribution < 1.29 is 4.42 Å². The van der Waals surface area contributed by atoms with Gasteiger partial charge in [0.2, 0.25) is 0 Å². The van der Waals surface area contributed by atoms with Crippen LogP contribution in [-0.4, -0.2) is 11.8 Å². The highest BCUT2D eigenvalue weighted by Crippen LogP contribution is 2.51. The average molecular weight is 788 g/mol. The molecule has 1 radical (unpaired) electrons. The van der Waals surface area contributed by atoms with Crippen molar-refractivity contribution in [2.45, 2.75) is 45.4 Å². The Balaban J connectivity index is 1.12. The molecule has 11 aromatic rings. The molecule has 0 saturated heterocycles. The smallest absolute Gasteiger partial charge is 0.197 e. The van der Waals surface area contributed by atoms with Gasteiger partial charge in [0.05, 0.1) is 11.2 Å². The van der Waals surface area contributed by atoms with Gasteiger partial charge in [-0.1, -0.05) is 125 Å². The summed E-state index contributed by atoms with van der Waals surface area (Å²) in [6, 6.07) is 54.3. The summed E-state index contributed by atoms with van der Waals surface area (Å²) in [5.74, 6) is 0. The van der Waals surface area contributed by atoms with Crippen LogP contribution < -0.4 is 16.2 Å². The normalized spacial score (nSPS) is 14.0. The van der Waals surface area contributed by atoms with Crippen LogP contribution in [-0.2, 0) is 10.8 Å². The van der Waals surface area contributed by atoms with Crippen molar-refractivity contribution in [3.63, 3.8) is 0 Å². The number of anilines is 2. The highest BCUT2D eigenvalue weighted by atomic mass is 32.1. The van der Waals surface area contributed by atoms with E-state index in [1.54, 1.807) is 0 Å². The molecule has 1 N–H and O–H groups in total. The molecule has 3 aromatic heterocycles. The van der Waals surface area contributed by atoms with Crippen LogP contribution in [0, 0.1) is 0 Å². The lowest BCUT2D eigenvalue weighted by Gasteiger charge is -2.24. The molecule has 60 heavy (non-hydrogen) atoms. The summed E-state index contributed by atoms with van der Waals surface area (Å²) >= 11 is 1.88. The molecule has 4 heterocycles. The van der Waals surface area contributed by atoms with Gasteiger partial charge in [-0.15, -0.1) is 11.3 Å². The lowest BCUT2D eigenvalue weighted by atomic mass is 9.59. The van der Waals surface area contributed by atoms with Crippen LogP contribution in [0.5, 0.6) is 0 Å². The summed E-state index contributed by atoms with van der Waals surface area (Å²) in [6.45, 7) is 11.5. The maximum atomic E-state index is 6.52. The fraction of sp³-hybridized carbons (Fsp3) is 0.127. The Morgan fingerprint density at radius 3 is 2.22 bits per heavy atom. The molecular formula is C55H40BN2OS. The van der Waals surface area contributed by atoms with Gasteiger partial charge < -0.3 is 14.3 Å². The van der Waals surface area contributed by atoms with Crippen LogP contribution in [0.1, 0.15) is 51.3 Å². The summed E-state index contributed by atoms with van der Waals surface area (Å²) in [5.41, 5.74) is 19.1. The molecule has 2 aliphatic rings. The molecule has 13 rings (SSSR count). The number of nitrogens with one attached hydrogen (secondary N) is 1. The fourth-order valence-corrected chi connectivity index (χ4v) is 11.6. The van der Waals surface area contributed by atoms with Gasteiger partial charge in [-0.05, 0) is 98.9 Å². The van der Waals surface area contributed by atoms with E-state index in [1.165, 1.54) is 92.0 Å². The van der Waals surface area contributed by atoms with E-state index in [1.807, 2.05) is 17.4 Å². The van der Waals surface area contributed by atoms with Crippen molar-refractivity contribution in [2.75, 3.05) is 5.32 Å². The van der Waals surface area contributed by atoms with Crippen molar-refractivity contribution in [3.8, 4) is 27.9 Å². The zero-order valence-electron chi connectivity index (χ0n) is 34.2. The standard InChI is InChI=1S/C55H40BN2OS/c1-54(2,3)30-18-20-31(21-19-30)57-45-29-49-40(33-13-7-10-16-48(33)59-49)24-38(45)35-22-23-36-39-25-43-37(32-12-6-9-15-42(32)55(43,4)5)26-46(39)58-47-27-41-34-14-8-11-17-50(34)60-51(41)28-44(47)56-52(35)53(36)58/h6-29,57H,1-5H3. The van der Waals surface area contributed by atoms with Gasteiger partial charge in [-0.25, -0.2) is 0 Å². The monoisotopic (exact) mass is 787 g/mol. The Morgan fingerprint density at radius 1 is 0.583 bits per heavy atom. The van der Waals surface area contributed by atoms with Gasteiger partial charge in [0.1, 0.15) is 11.2 Å². The van der Waals surface area contributed by atoms with Crippen molar-refractivity contribution in [1.82, 2.24) is 4.57 Å². The number of furan rings is 1. The molecule has 0 atom stereocenters. The second-order valence-corrected chi connectivity index (χ2v) is 19.5. The first-order valence-electron chi connectivity index (χ1n) is 21.0. The number of hydrogen-bond acceptors (Lipinski definition) is 3. The largest absolute Gasteiger partial charge is 0.456 e. The van der Waals surface area contributed by atoms with E-state index in [0.29, 0.717) is 0 Å². The highest BCUT2D eigenvalue weighted by Gasteiger charge is 2.37. The maximum Gasteiger partial charge on any atom is 0.197 e. The Bertz CT molecular complexity index is 3670. The third-order valence-corrected chi connectivity index (χ3v) is 14.7. The van der Waals surface area contributed by atoms with Gasteiger partial charge in [0.15, 0.2) is 7.28 Å². The predicted molar refractivity (Wildman–Crippen MR) is 257 cm³/mol. The average Bonchev–Trinajstić information content (AvgIpc) is 3.96. The SMILES string of the molecule is CC(C)(C)c1ccc(Nc2cc3oc4ccccc4c3cc2-c2ccc3c4cc5c(cc4n4c3c2[B]c2cc3sc6ccccc6c3cc2-4)-c2ccccc2C5(C)C)cc1. The Kier molecular flexibility index (Phi) is 6.75. The summed E-state index contributed by atoms with van der Waals surface area (Å²) in [5, 5.41) is 11.3. The predicted octanol–water partition coefficient (Wildman–Crippen LogP) is 14.0. The van der Waals surface area contributed by atoms with Crippen LogP contribution in [0.4, 0.5) is 11.4 Å². The molecule has 0 fully saturated rings. The number of fused-ring (bicyclic) bond motifs is 14. The summed E-state index contributed by atoms with van der Waals surface area (Å²) in [6.07, 6.45) is 0. The number of aromatic nitrogens is 1. The third-order valence-electron chi connectivity index (χ3n) is 13.6. The van der Waals surface area contributed by atoms with Crippen LogP contribution in [0.15, 0.2) is 150 Å². The number of thiophene rings is 1. The first kappa shape index (κ1) is 34.3. The van der Waals surface area contributed by atoms with Crippen molar-refractivity contribution in [1.29, 1.82) is 0 Å². The molecule has 285 valence electrons. The van der Waals surface area contributed by atoms with E-state index in [-0.39, 0.29) is 10.8 Å². The molecule has 3 nitrogen and oxygen atoms in total. The molecule has 0 amide bonds. The van der Waals surface area contributed by atoms with Crippen LogP contribution in [0.2, 0.25) is 0 Å². The van der Waals surface area contributed by atoms with E-state index in [9.17, 15) is 0 Å². The van der Waals surface area contributed by atoms with Gasteiger partial charge in [0, 0.05) is 75.7 Å². The number of para-hydroxylation sites is 1. The zero-order valence-corrected chi connectivity index (χ0v) is 35.0. The molecular weight excluding hydrogens is 747 g/mol. The minimum absolute atomic E-state index is 0.0697. The van der Waals surface area contributed by atoms with E-state index in [0.717, 1.165) is 38.9 Å². The van der Waals surface area contributed by atoms with Crippen molar-refractivity contribution in [3.05, 3.63) is 162 Å². The Labute approximate surface area is 353 Å². The van der Waals surface area contributed by atoms with Gasteiger partial charge in [0.25, 0.3) is 0 Å². The molecule has 8 aromatic carbocycles. The maximum absolute atomic E-state index is 6.52. The van der Waals surface area contributed by atoms with Gasteiger partial charge >= 0.3 is 0 Å². The fourth-order valence-electron chi connectivity index (χ4n) is 10.5. The van der Waals surface area contributed by atoms with Crippen LogP contribution in [0.3, 0.4) is 0 Å². The molecule has 1 aliphatic heterocycles. The minimum Gasteiger partial charge on any atom is -0.456 e. The van der Waals surface area contributed by atoms with E-state index < -0.39 is 0 Å². The molecule has 5 heteroatoms. The highest BCUT2D eigenvalue weighted by molar-refractivity contribution is 7.26. The zero-order chi connectivity index (χ0) is 40.2. The first-order valence-corrected chi connectivity index (χ1v) is 21.8. The Morgan fingerprint density at radius 2 is 1.37 bits per heavy atom. The number of rotatable bonds is 3. The van der Waals surface area contributed by atoms with E-state index >= 15 is 0 Å². The lowest BCUT2D eigenvalue weighted by molar-refractivity contribution is 0.590. The lowest BCUT2D eigenvalue weighted by Crippen LogP contribution is -2.37. The Hall–Kier alpha value is -6.56. The molecule has 0 spiro atoms. The quantitative estimate of drug-likeness (QED) is 0.181. The summed E-state index contributed by atoms with van der Waals surface area (Å²) < 4.78 is 11.7. The first-order chi connectivity index (χ1) is 29.1. The topological polar surface area (TPSA) is 30.1 Å². The van der Waals surface area contributed by atoms with Crippen molar-refractivity contribution >= 4 is 105 Å². The van der Waals surface area contributed by atoms with Crippen LogP contribution >= 0.6 is 11.3 Å². The minimum atomic E-state index is -0.0995. The summed E-state index contributed by atoms with van der Waals surface area (Å²) in [4.78, 5) is 0. The third kappa shape index (κ3) is 4.67. The van der Waals surface area contributed by atoms with Crippen molar-refractivity contribution in [2.24, 2.45) is 0 Å². The van der Waals surface area contributed by atoms with E-state index in [4.69, 9.17) is 4.42 Å².